The van der Waals surface area contributed by atoms with Crippen molar-refractivity contribution in [3.05, 3.63) is 16.5 Å². The summed E-state index contributed by atoms with van der Waals surface area (Å²) in [5, 5.41) is 5.56. The maximum Gasteiger partial charge on any atom is 0.239 e. The van der Waals surface area contributed by atoms with Gasteiger partial charge >= 0.3 is 0 Å². The average molecular weight is 271 g/mol. The monoisotopic (exact) mass is 270 g/mol. The molecule has 6 nitrogen and oxygen atoms in total. The Morgan fingerprint density at radius 1 is 1.44 bits per heavy atom. The predicted molar refractivity (Wildman–Crippen MR) is 69.0 cm³/mol. The topological polar surface area (TPSA) is 84.0 Å². The van der Waals surface area contributed by atoms with Gasteiger partial charge in [-0.15, -0.1) is 0 Å². The highest BCUT2D eigenvalue weighted by molar-refractivity contribution is 6.32. The second kappa shape index (κ2) is 6.90. The first-order chi connectivity index (χ1) is 8.58. The second-order valence-corrected chi connectivity index (χ2v) is 4.00. The highest BCUT2D eigenvalue weighted by Crippen LogP contribution is 2.18. The van der Waals surface area contributed by atoms with Gasteiger partial charge in [-0.2, -0.15) is 0 Å². The Kier molecular flexibility index (Phi) is 5.51. The van der Waals surface area contributed by atoms with E-state index in [1.807, 2.05) is 6.92 Å². The molecule has 0 saturated heterocycles. The smallest absolute Gasteiger partial charge is 0.239 e. The van der Waals surface area contributed by atoms with E-state index in [9.17, 15) is 9.59 Å². The molecule has 1 aromatic heterocycles. The van der Waals surface area contributed by atoms with E-state index in [4.69, 9.17) is 11.6 Å². The number of nitrogens with one attached hydrogen (secondary N) is 2. The van der Waals surface area contributed by atoms with Crippen LogP contribution in [0.1, 0.15) is 29.5 Å². The number of rotatable bonds is 6. The third-order valence-corrected chi connectivity index (χ3v) is 2.41. The second-order valence-electron chi connectivity index (χ2n) is 3.65. The minimum absolute atomic E-state index is 0.0353. The minimum atomic E-state index is -0.166. The SMILES string of the molecule is CCCNC(=O)CNc1nc(C)nc(Cl)c1C=O. The molecule has 1 rings (SSSR count). The van der Waals surface area contributed by atoms with Gasteiger partial charge in [-0.25, -0.2) is 9.97 Å². The van der Waals surface area contributed by atoms with Gasteiger partial charge in [-0.1, -0.05) is 18.5 Å². The van der Waals surface area contributed by atoms with Gasteiger partial charge < -0.3 is 10.6 Å². The highest BCUT2D eigenvalue weighted by Gasteiger charge is 2.11. The Labute approximate surface area is 110 Å². The van der Waals surface area contributed by atoms with Crippen molar-refractivity contribution in [1.82, 2.24) is 15.3 Å². The Bertz CT molecular complexity index is 451. The quantitative estimate of drug-likeness (QED) is 0.599. The summed E-state index contributed by atoms with van der Waals surface area (Å²) in [5.74, 6) is 0.539. The summed E-state index contributed by atoms with van der Waals surface area (Å²) >= 11 is 5.81. The molecule has 0 aromatic carbocycles. The van der Waals surface area contributed by atoms with Crippen molar-refractivity contribution in [2.75, 3.05) is 18.4 Å². The van der Waals surface area contributed by atoms with Crippen LogP contribution in [0.15, 0.2) is 0 Å². The first-order valence-electron chi connectivity index (χ1n) is 5.58. The average Bonchev–Trinajstić information content (AvgIpc) is 2.33. The third-order valence-electron chi connectivity index (χ3n) is 2.12. The molecule has 18 heavy (non-hydrogen) atoms. The Balaban J connectivity index is 2.72. The first-order valence-corrected chi connectivity index (χ1v) is 5.96. The number of nitrogens with zero attached hydrogens (tertiary/aromatic N) is 2. The van der Waals surface area contributed by atoms with Crippen LogP contribution in [0.2, 0.25) is 5.15 Å². The number of carbonyl (C=O) groups is 2. The molecule has 0 spiro atoms. The molecule has 0 radical (unpaired) electrons. The van der Waals surface area contributed by atoms with Crippen LogP contribution in [0.25, 0.3) is 0 Å². The van der Waals surface area contributed by atoms with Crippen molar-refractivity contribution in [2.24, 2.45) is 0 Å². The van der Waals surface area contributed by atoms with Crippen LogP contribution in [-0.2, 0) is 4.79 Å². The summed E-state index contributed by atoms with van der Waals surface area (Å²) in [4.78, 5) is 30.2. The lowest BCUT2D eigenvalue weighted by Gasteiger charge is -2.09. The van der Waals surface area contributed by atoms with E-state index in [-0.39, 0.29) is 29.0 Å². The van der Waals surface area contributed by atoms with Crippen LogP contribution in [-0.4, -0.2) is 35.3 Å². The highest BCUT2D eigenvalue weighted by atomic mass is 35.5. The molecular formula is C11H15ClN4O2. The number of hydrogen-bond acceptors (Lipinski definition) is 5. The number of aryl methyl sites for hydroxylation is 1. The molecule has 0 aliphatic rings. The molecule has 1 heterocycles. The van der Waals surface area contributed by atoms with E-state index in [1.165, 1.54) is 0 Å². The standard InChI is InChI=1S/C11H15ClN4O2/c1-3-4-13-9(18)5-14-11-8(6-17)10(12)15-7(2)16-11/h6H,3-5H2,1-2H3,(H,13,18)(H,14,15,16). The van der Waals surface area contributed by atoms with Gasteiger partial charge in [-0.05, 0) is 13.3 Å². The lowest BCUT2D eigenvalue weighted by Crippen LogP contribution is -2.30. The lowest BCUT2D eigenvalue weighted by atomic mass is 10.3. The van der Waals surface area contributed by atoms with Crippen LogP contribution in [0, 0.1) is 6.92 Å². The number of hydrogen-bond donors (Lipinski definition) is 2. The minimum Gasteiger partial charge on any atom is -0.360 e. The van der Waals surface area contributed by atoms with Gasteiger partial charge in [0.2, 0.25) is 5.91 Å². The summed E-state index contributed by atoms with van der Waals surface area (Å²) < 4.78 is 0. The Hall–Kier alpha value is -1.69. The molecule has 0 aliphatic carbocycles. The fraction of sp³-hybridized carbons (Fsp3) is 0.455. The van der Waals surface area contributed by atoms with E-state index in [1.54, 1.807) is 6.92 Å². The number of carbonyl (C=O) groups excluding carboxylic acids is 2. The molecule has 0 aliphatic heterocycles. The summed E-state index contributed by atoms with van der Waals surface area (Å²) in [6.45, 7) is 4.27. The summed E-state index contributed by atoms with van der Waals surface area (Å²) in [6.07, 6.45) is 1.43. The molecule has 1 amide bonds. The van der Waals surface area contributed by atoms with Crippen molar-refractivity contribution in [2.45, 2.75) is 20.3 Å². The summed E-state index contributed by atoms with van der Waals surface area (Å²) in [7, 11) is 0. The van der Waals surface area contributed by atoms with Gasteiger partial charge in [-0.3, -0.25) is 9.59 Å². The zero-order chi connectivity index (χ0) is 13.5. The fourth-order valence-corrected chi connectivity index (χ4v) is 1.53. The van der Waals surface area contributed by atoms with E-state index in [0.717, 1.165) is 6.42 Å². The van der Waals surface area contributed by atoms with E-state index >= 15 is 0 Å². The van der Waals surface area contributed by atoms with E-state index in [0.29, 0.717) is 18.7 Å². The molecule has 0 unspecified atom stereocenters. The zero-order valence-electron chi connectivity index (χ0n) is 10.3. The predicted octanol–water partition coefficient (Wildman–Crippen LogP) is 1.19. The summed E-state index contributed by atoms with van der Waals surface area (Å²) in [5.41, 5.74) is 0.158. The van der Waals surface area contributed by atoms with E-state index < -0.39 is 0 Å². The molecule has 7 heteroatoms. The van der Waals surface area contributed by atoms with Crippen molar-refractivity contribution < 1.29 is 9.59 Å². The normalized spacial score (nSPS) is 9.94. The van der Waals surface area contributed by atoms with Crippen LogP contribution in [0.4, 0.5) is 5.82 Å². The van der Waals surface area contributed by atoms with Crippen LogP contribution in [0.5, 0.6) is 0 Å². The van der Waals surface area contributed by atoms with Crippen molar-refractivity contribution in [3.8, 4) is 0 Å². The molecule has 98 valence electrons. The Morgan fingerprint density at radius 3 is 2.78 bits per heavy atom. The van der Waals surface area contributed by atoms with Gasteiger partial charge in [0.1, 0.15) is 16.8 Å². The summed E-state index contributed by atoms with van der Waals surface area (Å²) in [6, 6.07) is 0. The molecule has 0 fully saturated rings. The third kappa shape index (κ3) is 3.96. The zero-order valence-corrected chi connectivity index (χ0v) is 11.0. The van der Waals surface area contributed by atoms with Crippen molar-refractivity contribution in [1.29, 1.82) is 0 Å². The molecule has 2 N–H and O–H groups in total. The van der Waals surface area contributed by atoms with Crippen LogP contribution < -0.4 is 10.6 Å². The number of amides is 1. The largest absolute Gasteiger partial charge is 0.360 e. The fourth-order valence-electron chi connectivity index (χ4n) is 1.28. The number of halogens is 1. The van der Waals surface area contributed by atoms with E-state index in [2.05, 4.69) is 20.6 Å². The van der Waals surface area contributed by atoms with Crippen LogP contribution >= 0.6 is 11.6 Å². The van der Waals surface area contributed by atoms with Gasteiger partial charge in [0.05, 0.1) is 12.1 Å². The number of anilines is 1. The first kappa shape index (κ1) is 14.4. The molecule has 1 aromatic rings. The van der Waals surface area contributed by atoms with Gasteiger partial charge in [0.25, 0.3) is 0 Å². The molecule has 0 atom stereocenters. The molecule has 0 saturated carbocycles. The molecule has 0 bridgehead atoms. The van der Waals surface area contributed by atoms with Crippen LogP contribution in [0.3, 0.4) is 0 Å². The van der Waals surface area contributed by atoms with Crippen molar-refractivity contribution >= 4 is 29.6 Å². The van der Waals surface area contributed by atoms with Gasteiger partial charge in [0.15, 0.2) is 6.29 Å². The maximum atomic E-state index is 11.4. The maximum absolute atomic E-state index is 11.4. The molecular weight excluding hydrogens is 256 g/mol. The van der Waals surface area contributed by atoms with Crippen molar-refractivity contribution in [3.63, 3.8) is 0 Å². The Morgan fingerprint density at radius 2 is 2.17 bits per heavy atom. The van der Waals surface area contributed by atoms with Gasteiger partial charge in [0, 0.05) is 6.54 Å². The number of aromatic nitrogens is 2. The lowest BCUT2D eigenvalue weighted by molar-refractivity contribution is -0.119. The number of aldehydes is 1.